The van der Waals surface area contributed by atoms with Gasteiger partial charge in [-0.1, -0.05) is 47.5 Å². The highest BCUT2D eigenvalue weighted by atomic mass is 35.5. The van der Waals surface area contributed by atoms with Crippen LogP contribution in [0.2, 0.25) is 5.02 Å². The zero-order chi connectivity index (χ0) is 30.3. The number of hydrogen-bond donors (Lipinski definition) is 3. The number of para-hydroxylation sites is 1. The summed E-state index contributed by atoms with van der Waals surface area (Å²) in [6.07, 6.45) is 2.67. The van der Waals surface area contributed by atoms with Gasteiger partial charge in [-0.15, -0.1) is 6.58 Å². The van der Waals surface area contributed by atoms with Gasteiger partial charge in [-0.05, 0) is 80.6 Å². The van der Waals surface area contributed by atoms with Crippen LogP contribution in [0.5, 0.6) is 0 Å². The maximum Gasteiger partial charge on any atom is 0.266 e. The van der Waals surface area contributed by atoms with Crippen molar-refractivity contribution in [1.29, 1.82) is 0 Å². The Kier molecular flexibility index (Phi) is 10.2. The first kappa shape index (κ1) is 31.0. The van der Waals surface area contributed by atoms with E-state index in [1.165, 1.54) is 0 Å². The molecule has 42 heavy (non-hydrogen) atoms. The van der Waals surface area contributed by atoms with Gasteiger partial charge in [0.25, 0.3) is 16.0 Å². The van der Waals surface area contributed by atoms with E-state index in [1.54, 1.807) is 36.4 Å². The average Bonchev–Trinajstić information content (AvgIpc) is 3.37. The maximum absolute atomic E-state index is 13.4. The Morgan fingerprint density at radius 2 is 1.79 bits per heavy atom. The number of hydrogen-bond acceptors (Lipinski definition) is 5. The molecular weight excluding hydrogens is 576 g/mol. The molecule has 3 aromatic carbocycles. The van der Waals surface area contributed by atoms with E-state index in [2.05, 4.69) is 17.2 Å². The lowest BCUT2D eigenvalue weighted by molar-refractivity contribution is -0.120. The van der Waals surface area contributed by atoms with E-state index in [9.17, 15) is 18.0 Å². The van der Waals surface area contributed by atoms with E-state index >= 15 is 0 Å². The molecule has 3 N–H and O–H groups in total. The molecule has 8 nitrogen and oxygen atoms in total. The highest BCUT2D eigenvalue weighted by Crippen LogP contribution is 2.33. The quantitative estimate of drug-likeness (QED) is 0.112. The van der Waals surface area contributed by atoms with Crippen LogP contribution in [-0.4, -0.2) is 37.1 Å². The first-order chi connectivity index (χ1) is 20.0. The van der Waals surface area contributed by atoms with Gasteiger partial charge in [0.05, 0.1) is 16.5 Å². The topological polar surface area (TPSA) is 126 Å². The molecular formula is C32H33ClN2O6S. The Morgan fingerprint density at radius 1 is 1.05 bits per heavy atom. The minimum Gasteiger partial charge on any atom is -0.456 e. The second kappa shape index (κ2) is 13.8. The molecule has 4 rings (SSSR count). The molecule has 1 aromatic heterocycles. The van der Waals surface area contributed by atoms with Gasteiger partial charge in [-0.25, -0.2) is 0 Å². The van der Waals surface area contributed by atoms with Gasteiger partial charge in [0.15, 0.2) is 0 Å². The van der Waals surface area contributed by atoms with Crippen LogP contribution in [0.1, 0.15) is 42.1 Å². The molecule has 10 heteroatoms. The van der Waals surface area contributed by atoms with Crippen LogP contribution in [-0.2, 0) is 21.3 Å². The number of carbonyl (C=O) groups is 2. The summed E-state index contributed by atoms with van der Waals surface area (Å²) in [5.74, 6) is -0.859. The van der Waals surface area contributed by atoms with Crippen LogP contribution in [0.3, 0.4) is 0 Å². The fraction of sp³-hybridized carbons (Fsp3) is 0.250. The summed E-state index contributed by atoms with van der Waals surface area (Å²) in [5.41, 5.74) is 4.34. The third-order valence-electron chi connectivity index (χ3n) is 6.81. The van der Waals surface area contributed by atoms with Gasteiger partial charge in [0.1, 0.15) is 11.3 Å². The second-order valence-electron chi connectivity index (χ2n) is 10.3. The summed E-state index contributed by atoms with van der Waals surface area (Å²) in [7, 11) is -4.16. The van der Waals surface area contributed by atoms with E-state index in [0.29, 0.717) is 34.9 Å². The summed E-state index contributed by atoms with van der Waals surface area (Å²) >= 11 is 6.59. The molecule has 0 spiro atoms. The summed E-state index contributed by atoms with van der Waals surface area (Å²) < 4.78 is 36.5. The smallest absolute Gasteiger partial charge is 0.266 e. The number of fused-ring (bicyclic) bond motifs is 1. The van der Waals surface area contributed by atoms with Crippen LogP contribution in [0.25, 0.3) is 22.3 Å². The van der Waals surface area contributed by atoms with Crippen molar-refractivity contribution >= 4 is 50.2 Å². The van der Waals surface area contributed by atoms with Crippen molar-refractivity contribution in [2.75, 3.05) is 17.6 Å². The summed E-state index contributed by atoms with van der Waals surface area (Å²) in [5, 5.41) is 6.82. The zero-order valence-electron chi connectivity index (χ0n) is 23.2. The summed E-state index contributed by atoms with van der Waals surface area (Å²) in [6.45, 7) is 5.71. The molecule has 0 aliphatic heterocycles. The molecule has 0 saturated heterocycles. The van der Waals surface area contributed by atoms with E-state index in [1.807, 2.05) is 43.3 Å². The lowest BCUT2D eigenvalue weighted by Gasteiger charge is -2.18. The molecule has 0 saturated carbocycles. The van der Waals surface area contributed by atoms with Gasteiger partial charge in [0.2, 0.25) is 5.91 Å². The molecule has 1 heterocycles. The molecule has 220 valence electrons. The fourth-order valence-corrected chi connectivity index (χ4v) is 5.16. The molecule has 1 unspecified atom stereocenters. The van der Waals surface area contributed by atoms with Gasteiger partial charge in [0, 0.05) is 29.0 Å². The standard InChI is InChI=1S/C32H33ClN2O6S/c1-21(2)6-5-8-26(18-22-10-12-23(13-11-22)31(36)34-16-17-42(38,39)40)32(37)35-28-15-14-25(19-27(28)33)30-20-24-7-3-4-9-29(24)41-30/h3-4,7,9-15,19-20,26H,1,5-6,8,16-18H2,2H3,(H,34,36)(H,35,37)(H,38,39,40). The van der Waals surface area contributed by atoms with Crippen molar-refractivity contribution in [2.24, 2.45) is 5.92 Å². The second-order valence-corrected chi connectivity index (χ2v) is 12.3. The van der Waals surface area contributed by atoms with Gasteiger partial charge < -0.3 is 15.1 Å². The number of nitrogens with one attached hydrogen (secondary N) is 2. The van der Waals surface area contributed by atoms with E-state index in [-0.39, 0.29) is 18.4 Å². The van der Waals surface area contributed by atoms with Crippen LogP contribution in [0, 0.1) is 5.92 Å². The molecule has 4 aromatic rings. The lowest BCUT2D eigenvalue weighted by atomic mass is 9.92. The SMILES string of the molecule is C=C(C)CCCC(Cc1ccc(C(=O)NCCS(=O)(=O)O)cc1)C(=O)Nc1ccc(-c2cc3ccccc3o2)cc1Cl. The minimum absolute atomic E-state index is 0.165. The normalized spacial score (nSPS) is 12.2. The van der Waals surface area contributed by atoms with E-state index in [4.69, 9.17) is 20.6 Å². The number of halogens is 1. The predicted molar refractivity (Wildman–Crippen MR) is 166 cm³/mol. The Hall–Kier alpha value is -3.92. The highest BCUT2D eigenvalue weighted by molar-refractivity contribution is 7.85. The first-order valence-electron chi connectivity index (χ1n) is 13.5. The number of furan rings is 1. The van der Waals surface area contributed by atoms with E-state index < -0.39 is 21.8 Å². The third-order valence-corrected chi connectivity index (χ3v) is 7.84. The van der Waals surface area contributed by atoms with Crippen LogP contribution >= 0.6 is 11.6 Å². The van der Waals surface area contributed by atoms with E-state index in [0.717, 1.165) is 40.5 Å². The number of carbonyl (C=O) groups excluding carboxylic acids is 2. The number of rotatable bonds is 13. The number of benzene rings is 3. The Labute approximate surface area is 250 Å². The largest absolute Gasteiger partial charge is 0.456 e. The monoisotopic (exact) mass is 608 g/mol. The number of anilines is 1. The summed E-state index contributed by atoms with van der Waals surface area (Å²) in [4.78, 5) is 25.7. The Morgan fingerprint density at radius 3 is 2.45 bits per heavy atom. The van der Waals surface area contributed by atoms with Gasteiger partial charge in [-0.3, -0.25) is 14.1 Å². The third kappa shape index (κ3) is 8.79. The lowest BCUT2D eigenvalue weighted by Crippen LogP contribution is -2.29. The van der Waals surface area contributed by atoms with Crippen LogP contribution in [0.4, 0.5) is 5.69 Å². The Balaban J connectivity index is 1.44. The van der Waals surface area contributed by atoms with Crippen molar-refractivity contribution in [3.63, 3.8) is 0 Å². The van der Waals surface area contributed by atoms with Crippen LogP contribution < -0.4 is 10.6 Å². The predicted octanol–water partition coefficient (Wildman–Crippen LogP) is 6.91. The van der Waals surface area contributed by atoms with Crippen molar-refractivity contribution in [1.82, 2.24) is 5.32 Å². The van der Waals surface area contributed by atoms with Gasteiger partial charge >= 0.3 is 0 Å². The van der Waals surface area contributed by atoms with Crippen LogP contribution in [0.15, 0.2) is 89.4 Å². The highest BCUT2D eigenvalue weighted by Gasteiger charge is 2.21. The molecule has 0 fully saturated rings. The molecule has 0 radical (unpaired) electrons. The molecule has 0 aliphatic carbocycles. The number of allylic oxidation sites excluding steroid dienone is 1. The maximum atomic E-state index is 13.4. The molecule has 1 atom stereocenters. The van der Waals surface area contributed by atoms with Crippen molar-refractivity contribution in [3.05, 3.63) is 101 Å². The Bertz CT molecular complexity index is 1660. The molecule has 2 amide bonds. The van der Waals surface area contributed by atoms with Gasteiger partial charge in [-0.2, -0.15) is 8.42 Å². The number of amides is 2. The minimum atomic E-state index is -4.16. The molecule has 0 aliphatic rings. The molecule has 0 bridgehead atoms. The van der Waals surface area contributed by atoms with Crippen molar-refractivity contribution < 1.29 is 27.0 Å². The summed E-state index contributed by atoms with van der Waals surface area (Å²) in [6, 6.07) is 21.9. The fourth-order valence-electron chi connectivity index (χ4n) is 4.58. The first-order valence-corrected chi connectivity index (χ1v) is 15.5. The van der Waals surface area contributed by atoms with Crippen molar-refractivity contribution in [3.8, 4) is 11.3 Å². The zero-order valence-corrected chi connectivity index (χ0v) is 24.8. The van der Waals surface area contributed by atoms with Crippen molar-refractivity contribution in [2.45, 2.75) is 32.6 Å². The average molecular weight is 609 g/mol.